The van der Waals surface area contributed by atoms with Crippen molar-refractivity contribution in [1.29, 1.82) is 0 Å². The van der Waals surface area contributed by atoms with E-state index in [1.165, 1.54) is 135 Å². The molecule has 0 amide bonds. The quantitative estimate of drug-likeness (QED) is 0.0222. The zero-order valence-corrected chi connectivity index (χ0v) is 55.8. The van der Waals surface area contributed by atoms with Gasteiger partial charge in [0.2, 0.25) is 0 Å². The summed E-state index contributed by atoms with van der Waals surface area (Å²) in [4.78, 5) is 71.9. The van der Waals surface area contributed by atoms with Crippen LogP contribution in [0.5, 0.6) is 0 Å². The second-order valence-corrected chi connectivity index (χ2v) is 26.9. The molecule has 0 spiro atoms. The van der Waals surface area contributed by atoms with Gasteiger partial charge in [-0.3, -0.25) is 37.3 Å². The molecular weight excluding hydrogens is 1110 g/mol. The molecule has 0 fully saturated rings. The van der Waals surface area contributed by atoms with Gasteiger partial charge in [-0.25, -0.2) is 9.13 Å². The summed E-state index contributed by atoms with van der Waals surface area (Å²) < 4.78 is 67.7. The van der Waals surface area contributed by atoms with Gasteiger partial charge in [0.15, 0.2) is 12.2 Å². The number of phosphoric ester groups is 2. The molecule has 0 saturated carbocycles. The fourth-order valence-electron chi connectivity index (χ4n) is 9.76. The Balaban J connectivity index is 5.13. The fraction of sp³-hybridized carbons (Fsp3) is 0.938. The maximum atomic E-state index is 13.0. The zero-order chi connectivity index (χ0) is 62.0. The van der Waals surface area contributed by atoms with E-state index in [0.717, 1.165) is 115 Å². The van der Waals surface area contributed by atoms with Gasteiger partial charge < -0.3 is 33.8 Å². The number of hydrogen-bond acceptors (Lipinski definition) is 15. The Hall–Kier alpha value is -1.94. The van der Waals surface area contributed by atoms with E-state index in [-0.39, 0.29) is 25.7 Å². The summed E-state index contributed by atoms with van der Waals surface area (Å²) in [5.74, 6) is -1.36. The average molecular weight is 1240 g/mol. The number of aliphatic hydroxyl groups excluding tert-OH is 1. The monoisotopic (exact) mass is 1240 g/mol. The molecule has 3 N–H and O–H groups in total. The van der Waals surface area contributed by atoms with Gasteiger partial charge in [0.25, 0.3) is 0 Å². The van der Waals surface area contributed by atoms with Crippen molar-refractivity contribution in [2.45, 2.75) is 348 Å². The minimum Gasteiger partial charge on any atom is -0.462 e. The third-order valence-electron chi connectivity index (χ3n) is 15.0. The van der Waals surface area contributed by atoms with Gasteiger partial charge in [-0.2, -0.15) is 0 Å². The third-order valence-corrected chi connectivity index (χ3v) is 16.9. The summed E-state index contributed by atoms with van der Waals surface area (Å²) in [6.45, 7) is 7.09. The molecule has 498 valence electrons. The van der Waals surface area contributed by atoms with Crippen LogP contribution in [0.1, 0.15) is 330 Å². The maximum absolute atomic E-state index is 13.0. The Labute approximate surface area is 511 Å². The Kier molecular flexibility index (Phi) is 57.4. The Bertz CT molecular complexity index is 1640. The summed E-state index contributed by atoms with van der Waals surface area (Å²) in [6, 6.07) is 0. The van der Waals surface area contributed by atoms with Crippen LogP contribution >= 0.6 is 15.6 Å². The number of esters is 4. The highest BCUT2D eigenvalue weighted by Crippen LogP contribution is 2.45. The van der Waals surface area contributed by atoms with Gasteiger partial charge >= 0.3 is 39.5 Å². The van der Waals surface area contributed by atoms with E-state index in [1.54, 1.807) is 0 Å². The molecule has 0 aliphatic heterocycles. The molecule has 0 saturated heterocycles. The van der Waals surface area contributed by atoms with E-state index in [2.05, 4.69) is 34.6 Å². The molecular formula is C65H126O17P2. The molecule has 0 aromatic rings. The predicted molar refractivity (Wildman–Crippen MR) is 335 cm³/mol. The van der Waals surface area contributed by atoms with Crippen molar-refractivity contribution in [3.8, 4) is 0 Å². The van der Waals surface area contributed by atoms with Crippen molar-refractivity contribution in [2.75, 3.05) is 39.6 Å². The average Bonchev–Trinajstić information content (AvgIpc) is 3.50. The first-order valence-electron chi connectivity index (χ1n) is 34.1. The van der Waals surface area contributed by atoms with Crippen molar-refractivity contribution in [2.24, 2.45) is 5.92 Å². The largest absolute Gasteiger partial charge is 0.472 e. The fourth-order valence-corrected chi connectivity index (χ4v) is 11.3. The molecule has 84 heavy (non-hydrogen) atoms. The Morgan fingerprint density at radius 1 is 0.321 bits per heavy atom. The van der Waals surface area contributed by atoms with Crippen LogP contribution in [-0.4, -0.2) is 96.7 Å². The van der Waals surface area contributed by atoms with Gasteiger partial charge in [0.05, 0.1) is 26.4 Å². The topological polar surface area (TPSA) is 237 Å². The summed E-state index contributed by atoms with van der Waals surface area (Å²) in [5, 5.41) is 10.5. The Morgan fingerprint density at radius 3 is 0.810 bits per heavy atom. The first-order chi connectivity index (χ1) is 40.5. The van der Waals surface area contributed by atoms with Crippen LogP contribution in [0.4, 0.5) is 0 Å². The van der Waals surface area contributed by atoms with E-state index in [0.29, 0.717) is 25.7 Å². The smallest absolute Gasteiger partial charge is 0.462 e. The van der Waals surface area contributed by atoms with Crippen molar-refractivity contribution in [3.05, 3.63) is 0 Å². The molecule has 0 aromatic carbocycles. The molecule has 0 radical (unpaired) electrons. The minimum absolute atomic E-state index is 0.103. The summed E-state index contributed by atoms with van der Waals surface area (Å²) in [5.41, 5.74) is 0. The maximum Gasteiger partial charge on any atom is 0.472 e. The second-order valence-electron chi connectivity index (χ2n) is 24.0. The first-order valence-corrected chi connectivity index (χ1v) is 37.1. The van der Waals surface area contributed by atoms with Crippen LogP contribution < -0.4 is 0 Å². The Morgan fingerprint density at radius 2 is 0.548 bits per heavy atom. The van der Waals surface area contributed by atoms with Crippen LogP contribution in [0.15, 0.2) is 0 Å². The van der Waals surface area contributed by atoms with Crippen LogP contribution in [0.2, 0.25) is 0 Å². The molecule has 0 bridgehead atoms. The van der Waals surface area contributed by atoms with Crippen LogP contribution in [0.3, 0.4) is 0 Å². The number of aliphatic hydroxyl groups is 1. The summed E-state index contributed by atoms with van der Waals surface area (Å²) >= 11 is 0. The van der Waals surface area contributed by atoms with Crippen molar-refractivity contribution < 1.29 is 80.2 Å². The number of carbonyl (C=O) groups is 4. The lowest BCUT2D eigenvalue weighted by Crippen LogP contribution is -2.30. The van der Waals surface area contributed by atoms with Crippen LogP contribution in [-0.2, 0) is 65.4 Å². The molecule has 5 atom stereocenters. The van der Waals surface area contributed by atoms with E-state index < -0.39 is 97.5 Å². The highest BCUT2D eigenvalue weighted by Gasteiger charge is 2.30. The van der Waals surface area contributed by atoms with Crippen molar-refractivity contribution in [1.82, 2.24) is 0 Å². The predicted octanol–water partition coefficient (Wildman–Crippen LogP) is 18.2. The number of ether oxygens (including phenoxy) is 4. The minimum atomic E-state index is -4.94. The number of hydrogen-bond donors (Lipinski definition) is 3. The molecule has 0 aliphatic rings. The van der Waals surface area contributed by atoms with E-state index in [1.807, 2.05) is 0 Å². The highest BCUT2D eigenvalue weighted by molar-refractivity contribution is 7.47. The SMILES string of the molecule is CCCCCCCCCCCCCCCCCCC(=O)OC[C@H](COP(=O)(O)OC[C@@H](O)COP(=O)(O)OC[C@@H](COC(=O)CCCCCCC)OC(=O)CCCCCCCCC)OC(=O)CCCCCCCCCCCCCCCC(C)C. The summed E-state index contributed by atoms with van der Waals surface area (Å²) in [7, 11) is -9.87. The number of unbranched alkanes of at least 4 members (excludes halogenated alkanes) is 37. The molecule has 0 heterocycles. The number of phosphoric acid groups is 2. The molecule has 17 nitrogen and oxygen atoms in total. The van der Waals surface area contributed by atoms with Crippen molar-refractivity contribution >= 4 is 39.5 Å². The first kappa shape index (κ1) is 82.1. The summed E-state index contributed by atoms with van der Waals surface area (Å²) in [6.07, 6.45) is 43.6. The highest BCUT2D eigenvalue weighted by atomic mass is 31.2. The van der Waals surface area contributed by atoms with Gasteiger partial charge in [-0.05, 0) is 31.6 Å². The van der Waals surface area contributed by atoms with E-state index in [9.17, 15) is 43.2 Å². The number of carbonyl (C=O) groups excluding carboxylic acids is 4. The van der Waals surface area contributed by atoms with Gasteiger partial charge in [-0.1, -0.05) is 279 Å². The van der Waals surface area contributed by atoms with Crippen molar-refractivity contribution in [3.63, 3.8) is 0 Å². The standard InChI is InChI=1S/C65H126O17P2/c1-6-9-12-15-17-18-19-20-21-22-25-28-31-35-39-44-49-63(68)76-55-61(82-65(70)51-46-41-36-32-29-26-23-24-27-30-34-38-42-47-58(4)5)57-80-84(73,74)78-53-59(66)52-77-83(71,72)79-56-60(54-75-62(67)48-43-37-14-11-8-3)81-64(69)50-45-40-33-16-13-10-7-2/h58-61,66H,6-57H2,1-5H3,(H,71,72)(H,73,74)/t59-,60+,61+/m0/s1. The second kappa shape index (κ2) is 58.7. The molecule has 0 aliphatic carbocycles. The normalized spacial score (nSPS) is 14.2. The van der Waals surface area contributed by atoms with Gasteiger partial charge in [0, 0.05) is 25.7 Å². The van der Waals surface area contributed by atoms with Crippen LogP contribution in [0, 0.1) is 5.92 Å². The molecule has 19 heteroatoms. The van der Waals surface area contributed by atoms with Crippen LogP contribution in [0.25, 0.3) is 0 Å². The van der Waals surface area contributed by atoms with Gasteiger partial charge in [-0.15, -0.1) is 0 Å². The lowest BCUT2D eigenvalue weighted by Gasteiger charge is -2.21. The number of rotatable bonds is 65. The van der Waals surface area contributed by atoms with Gasteiger partial charge in [0.1, 0.15) is 19.3 Å². The molecule has 0 aromatic heterocycles. The molecule has 2 unspecified atom stereocenters. The molecule has 0 rings (SSSR count). The van der Waals surface area contributed by atoms with E-state index >= 15 is 0 Å². The lowest BCUT2D eigenvalue weighted by atomic mass is 10.0. The van der Waals surface area contributed by atoms with E-state index in [4.69, 9.17) is 37.0 Å². The third kappa shape index (κ3) is 59.0. The lowest BCUT2D eigenvalue weighted by molar-refractivity contribution is -0.161. The zero-order valence-electron chi connectivity index (χ0n) is 54.0.